The third kappa shape index (κ3) is 2.69. The number of likely N-dealkylation sites (tertiary alicyclic amines) is 1. The third-order valence-electron chi connectivity index (χ3n) is 4.46. The van der Waals surface area contributed by atoms with Gasteiger partial charge in [-0.3, -0.25) is 9.59 Å². The molecule has 2 heterocycles. The van der Waals surface area contributed by atoms with Crippen LogP contribution in [0.2, 0.25) is 0 Å². The minimum atomic E-state index is -0.194. The number of hydrogen-bond donors (Lipinski definition) is 1. The summed E-state index contributed by atoms with van der Waals surface area (Å²) in [5.74, 6) is 0.295. The summed E-state index contributed by atoms with van der Waals surface area (Å²) in [5, 5.41) is 0. The molecule has 1 atom stereocenters. The van der Waals surface area contributed by atoms with Crippen molar-refractivity contribution in [3.05, 3.63) is 70.1 Å². The zero-order valence-electron chi connectivity index (χ0n) is 12.9. The molecular formula is C18H20N2O2. The number of nitrogens with one attached hydrogen (secondary N) is 1. The van der Waals surface area contributed by atoms with Gasteiger partial charge in [0.1, 0.15) is 0 Å². The molecule has 2 aromatic rings. The van der Waals surface area contributed by atoms with Gasteiger partial charge >= 0.3 is 0 Å². The van der Waals surface area contributed by atoms with Crippen LogP contribution in [0.25, 0.3) is 0 Å². The van der Waals surface area contributed by atoms with Crippen molar-refractivity contribution in [1.82, 2.24) is 9.88 Å². The van der Waals surface area contributed by atoms with Crippen molar-refractivity contribution >= 4 is 5.91 Å². The van der Waals surface area contributed by atoms with Gasteiger partial charge in [-0.05, 0) is 17.0 Å². The summed E-state index contributed by atoms with van der Waals surface area (Å²) in [6.07, 6.45) is 1.49. The molecule has 1 saturated heterocycles. The molecule has 1 fully saturated rings. The van der Waals surface area contributed by atoms with Crippen molar-refractivity contribution in [2.75, 3.05) is 13.1 Å². The first-order chi connectivity index (χ1) is 10.5. The molecule has 1 aromatic heterocycles. The second kappa shape index (κ2) is 5.44. The summed E-state index contributed by atoms with van der Waals surface area (Å²) < 4.78 is 0. The molecule has 0 spiro atoms. The van der Waals surface area contributed by atoms with E-state index in [0.717, 1.165) is 0 Å². The lowest BCUT2D eigenvalue weighted by Gasteiger charge is -2.25. The van der Waals surface area contributed by atoms with Gasteiger partial charge in [-0.15, -0.1) is 0 Å². The second-order valence-electron chi connectivity index (χ2n) is 6.58. The first-order valence-corrected chi connectivity index (χ1v) is 7.50. The van der Waals surface area contributed by atoms with Crippen LogP contribution < -0.4 is 5.56 Å². The van der Waals surface area contributed by atoms with E-state index in [1.807, 2.05) is 23.1 Å². The molecule has 0 saturated carbocycles. The van der Waals surface area contributed by atoms with E-state index in [2.05, 4.69) is 31.0 Å². The molecule has 4 nitrogen and oxygen atoms in total. The summed E-state index contributed by atoms with van der Waals surface area (Å²) in [4.78, 5) is 28.2. The first-order valence-electron chi connectivity index (χ1n) is 7.50. The number of aromatic nitrogens is 1. The average molecular weight is 296 g/mol. The lowest BCUT2D eigenvalue weighted by Crippen LogP contribution is -2.30. The molecule has 4 heteroatoms. The van der Waals surface area contributed by atoms with Crippen molar-refractivity contribution in [3.63, 3.8) is 0 Å². The Hall–Kier alpha value is -2.36. The van der Waals surface area contributed by atoms with E-state index in [-0.39, 0.29) is 16.9 Å². The maximum atomic E-state index is 12.6. The summed E-state index contributed by atoms with van der Waals surface area (Å²) in [6.45, 7) is 5.81. The van der Waals surface area contributed by atoms with Crippen molar-refractivity contribution < 1.29 is 4.79 Å². The Labute approximate surface area is 129 Å². The number of rotatable bonds is 2. The number of nitrogens with zero attached hydrogens (tertiary/aromatic N) is 1. The number of amides is 1. The van der Waals surface area contributed by atoms with Crippen molar-refractivity contribution in [3.8, 4) is 0 Å². The standard InChI is InChI=1S/C18H20N2O2/c1-18(2)12-20(11-15(18)13-6-4-3-5-7-13)17(22)14-8-9-16(21)19-10-14/h3-10,15H,11-12H2,1-2H3,(H,19,21)/t15-/m0/s1. The van der Waals surface area contributed by atoms with Crippen LogP contribution in [-0.2, 0) is 0 Å². The van der Waals surface area contributed by atoms with Crippen molar-refractivity contribution in [2.45, 2.75) is 19.8 Å². The molecule has 0 aliphatic carbocycles. The van der Waals surface area contributed by atoms with E-state index >= 15 is 0 Å². The van der Waals surface area contributed by atoms with Gasteiger partial charge in [0.05, 0.1) is 5.56 Å². The van der Waals surface area contributed by atoms with Crippen LogP contribution in [0.15, 0.2) is 53.5 Å². The Kier molecular flexibility index (Phi) is 3.61. The van der Waals surface area contributed by atoms with E-state index in [0.29, 0.717) is 24.6 Å². The maximum Gasteiger partial charge on any atom is 0.255 e. The highest BCUT2D eigenvalue weighted by atomic mass is 16.2. The van der Waals surface area contributed by atoms with Crippen molar-refractivity contribution in [1.29, 1.82) is 0 Å². The minimum absolute atomic E-state index is 0.0252. The molecule has 1 amide bonds. The largest absolute Gasteiger partial charge is 0.337 e. The fourth-order valence-electron chi connectivity index (χ4n) is 3.26. The van der Waals surface area contributed by atoms with Crippen LogP contribution in [0, 0.1) is 5.41 Å². The summed E-state index contributed by atoms with van der Waals surface area (Å²) in [6, 6.07) is 13.3. The molecule has 1 aliphatic heterocycles. The molecule has 114 valence electrons. The number of H-pyrrole nitrogens is 1. The SMILES string of the molecule is CC1(C)CN(C(=O)c2ccc(=O)[nH]c2)C[C@H]1c1ccccc1. The summed E-state index contributed by atoms with van der Waals surface area (Å²) in [7, 11) is 0. The summed E-state index contributed by atoms with van der Waals surface area (Å²) >= 11 is 0. The molecule has 1 aromatic carbocycles. The zero-order valence-corrected chi connectivity index (χ0v) is 12.9. The fourth-order valence-corrected chi connectivity index (χ4v) is 3.26. The molecule has 0 unspecified atom stereocenters. The highest BCUT2D eigenvalue weighted by molar-refractivity contribution is 5.94. The highest BCUT2D eigenvalue weighted by Crippen LogP contribution is 2.42. The molecule has 0 radical (unpaired) electrons. The lowest BCUT2D eigenvalue weighted by molar-refractivity contribution is 0.0777. The second-order valence-corrected chi connectivity index (χ2v) is 6.58. The first kappa shape index (κ1) is 14.6. The quantitative estimate of drug-likeness (QED) is 0.926. The van der Waals surface area contributed by atoms with Crippen LogP contribution >= 0.6 is 0 Å². The predicted molar refractivity (Wildman–Crippen MR) is 85.9 cm³/mol. The van der Waals surface area contributed by atoms with Crippen LogP contribution in [-0.4, -0.2) is 28.9 Å². The van der Waals surface area contributed by atoms with Gasteiger partial charge in [0.25, 0.3) is 5.91 Å². The molecule has 0 bridgehead atoms. The van der Waals surface area contributed by atoms with E-state index in [4.69, 9.17) is 0 Å². The van der Waals surface area contributed by atoms with Crippen LogP contribution in [0.1, 0.15) is 35.7 Å². The minimum Gasteiger partial charge on any atom is -0.337 e. The van der Waals surface area contributed by atoms with Gasteiger partial charge in [-0.25, -0.2) is 0 Å². The fraction of sp³-hybridized carbons (Fsp3) is 0.333. The average Bonchev–Trinajstić information content (AvgIpc) is 2.84. The van der Waals surface area contributed by atoms with E-state index < -0.39 is 0 Å². The molecule has 1 aliphatic rings. The van der Waals surface area contributed by atoms with E-state index in [1.165, 1.54) is 17.8 Å². The summed E-state index contributed by atoms with van der Waals surface area (Å²) in [5.41, 5.74) is 1.63. The highest BCUT2D eigenvalue weighted by Gasteiger charge is 2.42. The number of hydrogen-bond acceptors (Lipinski definition) is 2. The monoisotopic (exact) mass is 296 g/mol. The van der Waals surface area contributed by atoms with Gasteiger partial charge in [-0.1, -0.05) is 44.2 Å². The zero-order chi connectivity index (χ0) is 15.7. The van der Waals surface area contributed by atoms with E-state index in [9.17, 15) is 9.59 Å². The van der Waals surface area contributed by atoms with E-state index in [1.54, 1.807) is 6.07 Å². The lowest BCUT2D eigenvalue weighted by atomic mass is 9.78. The normalized spacial score (nSPS) is 20.1. The van der Waals surface area contributed by atoms with Gasteiger partial charge in [0.2, 0.25) is 5.56 Å². The molecule has 22 heavy (non-hydrogen) atoms. The topological polar surface area (TPSA) is 53.2 Å². The maximum absolute atomic E-state index is 12.6. The predicted octanol–water partition coefficient (Wildman–Crippen LogP) is 2.64. The van der Waals surface area contributed by atoms with Crippen LogP contribution in [0.5, 0.6) is 0 Å². The van der Waals surface area contributed by atoms with Gasteiger partial charge in [-0.2, -0.15) is 0 Å². The van der Waals surface area contributed by atoms with Crippen molar-refractivity contribution in [2.24, 2.45) is 5.41 Å². The number of aromatic amines is 1. The number of carbonyl (C=O) groups is 1. The molecule has 1 N–H and O–H groups in total. The number of pyridine rings is 1. The Morgan fingerprint density at radius 2 is 1.91 bits per heavy atom. The van der Waals surface area contributed by atoms with Crippen LogP contribution in [0.3, 0.4) is 0 Å². The number of benzene rings is 1. The van der Waals surface area contributed by atoms with Gasteiger partial charge in [0, 0.05) is 31.3 Å². The Balaban J connectivity index is 1.84. The van der Waals surface area contributed by atoms with Crippen LogP contribution in [0.4, 0.5) is 0 Å². The van der Waals surface area contributed by atoms with Gasteiger partial charge < -0.3 is 9.88 Å². The Bertz CT molecular complexity index is 714. The smallest absolute Gasteiger partial charge is 0.255 e. The molecular weight excluding hydrogens is 276 g/mol. The number of carbonyl (C=O) groups excluding carboxylic acids is 1. The Morgan fingerprint density at radius 1 is 1.18 bits per heavy atom. The third-order valence-corrected chi connectivity index (χ3v) is 4.46. The Morgan fingerprint density at radius 3 is 2.55 bits per heavy atom. The molecule has 3 rings (SSSR count). The van der Waals surface area contributed by atoms with Gasteiger partial charge in [0.15, 0.2) is 0 Å².